The molecule has 2 N–H and O–H groups in total. The van der Waals surface area contributed by atoms with E-state index in [4.69, 9.17) is 4.42 Å². The second kappa shape index (κ2) is 5.36. The van der Waals surface area contributed by atoms with Gasteiger partial charge in [0.25, 0.3) is 5.91 Å². The van der Waals surface area contributed by atoms with Gasteiger partial charge in [-0.2, -0.15) is 11.8 Å². The highest BCUT2D eigenvalue weighted by Gasteiger charge is 2.22. The van der Waals surface area contributed by atoms with Gasteiger partial charge in [-0.3, -0.25) is 4.79 Å². The van der Waals surface area contributed by atoms with E-state index < -0.39 is 5.60 Å². The summed E-state index contributed by atoms with van der Waals surface area (Å²) in [4.78, 5) is 15.4. The first-order valence-electron chi connectivity index (χ1n) is 4.86. The predicted molar refractivity (Wildman–Crippen MR) is 62.6 cm³/mol. The second-order valence-electron chi connectivity index (χ2n) is 3.87. The third kappa shape index (κ3) is 3.53. The molecule has 0 bridgehead atoms. The van der Waals surface area contributed by atoms with E-state index in [-0.39, 0.29) is 18.1 Å². The van der Waals surface area contributed by atoms with Crippen LogP contribution in [0.2, 0.25) is 0 Å². The molecule has 0 aliphatic heterocycles. The van der Waals surface area contributed by atoms with Crippen molar-refractivity contribution in [3.63, 3.8) is 0 Å². The number of carbonyl (C=O) groups is 1. The van der Waals surface area contributed by atoms with Gasteiger partial charge in [0.15, 0.2) is 12.1 Å². The largest absolute Gasteiger partial charge is 0.448 e. The molecule has 0 radical (unpaired) electrons. The van der Waals surface area contributed by atoms with Crippen molar-refractivity contribution in [1.82, 2.24) is 10.3 Å². The maximum Gasteiger partial charge on any atom is 0.273 e. The molecule has 1 amide bonds. The lowest BCUT2D eigenvalue weighted by atomic mass is 10.1. The fraction of sp³-hybridized carbons (Fsp3) is 0.600. The zero-order valence-corrected chi connectivity index (χ0v) is 10.4. The summed E-state index contributed by atoms with van der Waals surface area (Å²) in [6, 6.07) is 0. The number of thioether (sulfide) groups is 1. The van der Waals surface area contributed by atoms with Crippen molar-refractivity contribution < 1.29 is 14.3 Å². The summed E-state index contributed by atoms with van der Waals surface area (Å²) in [5.41, 5.74) is -0.646. The molecule has 0 spiro atoms. The Hall–Kier alpha value is -1.01. The Kier molecular flexibility index (Phi) is 4.37. The number of aromatic nitrogens is 1. The standard InChI is InChI=1S/C10H16N2O3S/c1-7-8(12-6-15-7)9(13)11-4-10(2,14)5-16-3/h6,14H,4-5H2,1-3H3,(H,11,13). The van der Waals surface area contributed by atoms with Crippen molar-refractivity contribution in [2.45, 2.75) is 19.4 Å². The van der Waals surface area contributed by atoms with Gasteiger partial charge in [-0.05, 0) is 20.1 Å². The zero-order valence-electron chi connectivity index (χ0n) is 9.61. The molecule has 6 heteroatoms. The first kappa shape index (κ1) is 13.1. The van der Waals surface area contributed by atoms with Crippen LogP contribution in [0.4, 0.5) is 0 Å². The fourth-order valence-electron chi connectivity index (χ4n) is 1.24. The number of oxazole rings is 1. The Morgan fingerprint density at radius 3 is 2.94 bits per heavy atom. The number of aryl methyl sites for hydroxylation is 1. The molecule has 1 aromatic rings. The van der Waals surface area contributed by atoms with Gasteiger partial charge >= 0.3 is 0 Å². The maximum atomic E-state index is 11.6. The highest BCUT2D eigenvalue weighted by atomic mass is 32.2. The summed E-state index contributed by atoms with van der Waals surface area (Å²) in [5.74, 6) is 0.708. The van der Waals surface area contributed by atoms with Crippen molar-refractivity contribution in [1.29, 1.82) is 0 Å². The van der Waals surface area contributed by atoms with Gasteiger partial charge in [0, 0.05) is 12.3 Å². The first-order valence-corrected chi connectivity index (χ1v) is 6.25. The number of hydrogen-bond donors (Lipinski definition) is 2. The lowest BCUT2D eigenvalue weighted by molar-refractivity contribution is 0.0721. The predicted octanol–water partition coefficient (Wildman–Crippen LogP) is 0.827. The Bertz CT molecular complexity index is 363. The summed E-state index contributed by atoms with van der Waals surface area (Å²) in [7, 11) is 0. The van der Waals surface area contributed by atoms with Crippen LogP contribution in [0, 0.1) is 6.92 Å². The summed E-state index contributed by atoms with van der Waals surface area (Å²) in [6.45, 7) is 3.54. The van der Waals surface area contributed by atoms with Gasteiger partial charge in [-0.15, -0.1) is 0 Å². The topological polar surface area (TPSA) is 75.4 Å². The molecule has 0 saturated carbocycles. The van der Waals surface area contributed by atoms with Crippen LogP contribution in [0.25, 0.3) is 0 Å². The van der Waals surface area contributed by atoms with Crippen LogP contribution < -0.4 is 5.32 Å². The average Bonchev–Trinajstić information content (AvgIpc) is 2.61. The van der Waals surface area contributed by atoms with Crippen LogP contribution in [-0.2, 0) is 0 Å². The second-order valence-corrected chi connectivity index (χ2v) is 4.74. The Morgan fingerprint density at radius 1 is 1.75 bits per heavy atom. The minimum absolute atomic E-state index is 0.193. The third-order valence-electron chi connectivity index (χ3n) is 2.04. The number of carbonyl (C=O) groups excluding carboxylic acids is 1. The molecule has 0 saturated heterocycles. The number of nitrogens with zero attached hydrogens (tertiary/aromatic N) is 1. The van der Waals surface area contributed by atoms with Gasteiger partial charge in [0.05, 0.1) is 5.60 Å². The summed E-state index contributed by atoms with van der Waals surface area (Å²) in [5, 5.41) is 12.5. The van der Waals surface area contributed by atoms with Gasteiger partial charge in [-0.25, -0.2) is 4.98 Å². The van der Waals surface area contributed by atoms with E-state index in [1.165, 1.54) is 18.2 Å². The van der Waals surface area contributed by atoms with Crippen molar-refractivity contribution in [3.05, 3.63) is 17.8 Å². The molecule has 0 aliphatic carbocycles. The SMILES string of the molecule is CSCC(C)(O)CNC(=O)c1ncoc1C. The minimum Gasteiger partial charge on any atom is -0.448 e. The van der Waals surface area contributed by atoms with Crippen molar-refractivity contribution in [2.75, 3.05) is 18.6 Å². The minimum atomic E-state index is -0.910. The van der Waals surface area contributed by atoms with E-state index in [0.29, 0.717) is 11.5 Å². The Balaban J connectivity index is 2.51. The maximum absolute atomic E-state index is 11.6. The lowest BCUT2D eigenvalue weighted by Crippen LogP contribution is -2.42. The molecule has 1 atom stereocenters. The lowest BCUT2D eigenvalue weighted by Gasteiger charge is -2.22. The molecule has 16 heavy (non-hydrogen) atoms. The smallest absolute Gasteiger partial charge is 0.273 e. The molecule has 1 heterocycles. The molecular formula is C10H16N2O3S. The van der Waals surface area contributed by atoms with Crippen molar-refractivity contribution >= 4 is 17.7 Å². The van der Waals surface area contributed by atoms with Crippen LogP contribution in [0.1, 0.15) is 23.2 Å². The van der Waals surface area contributed by atoms with Gasteiger partial charge in [0.1, 0.15) is 5.76 Å². The van der Waals surface area contributed by atoms with Gasteiger partial charge in [0.2, 0.25) is 0 Å². The highest BCUT2D eigenvalue weighted by Crippen LogP contribution is 2.10. The van der Waals surface area contributed by atoms with E-state index in [1.54, 1.807) is 13.8 Å². The van der Waals surface area contributed by atoms with Crippen LogP contribution in [0.5, 0.6) is 0 Å². The molecule has 90 valence electrons. The molecule has 0 aliphatic rings. The molecule has 1 unspecified atom stereocenters. The highest BCUT2D eigenvalue weighted by molar-refractivity contribution is 7.98. The molecule has 1 rings (SSSR count). The number of amides is 1. The number of rotatable bonds is 5. The summed E-state index contributed by atoms with van der Waals surface area (Å²) < 4.78 is 4.93. The Morgan fingerprint density at radius 2 is 2.44 bits per heavy atom. The zero-order chi connectivity index (χ0) is 12.2. The van der Waals surface area contributed by atoms with Crippen LogP contribution >= 0.6 is 11.8 Å². The van der Waals surface area contributed by atoms with Crippen molar-refractivity contribution in [3.8, 4) is 0 Å². The van der Waals surface area contributed by atoms with E-state index in [9.17, 15) is 9.90 Å². The first-order chi connectivity index (χ1) is 7.46. The van der Waals surface area contributed by atoms with E-state index in [0.717, 1.165) is 0 Å². The molecular weight excluding hydrogens is 228 g/mol. The fourth-order valence-corrected chi connectivity index (χ4v) is 1.96. The number of aliphatic hydroxyl groups is 1. The summed E-state index contributed by atoms with van der Waals surface area (Å²) >= 11 is 1.53. The molecule has 1 aromatic heterocycles. The van der Waals surface area contributed by atoms with Gasteiger partial charge < -0.3 is 14.8 Å². The van der Waals surface area contributed by atoms with Crippen LogP contribution in [-0.4, -0.2) is 40.2 Å². The molecule has 0 aromatic carbocycles. The third-order valence-corrected chi connectivity index (χ3v) is 2.96. The quantitative estimate of drug-likeness (QED) is 0.802. The normalized spacial score (nSPS) is 14.5. The van der Waals surface area contributed by atoms with E-state index in [2.05, 4.69) is 10.3 Å². The number of hydrogen-bond acceptors (Lipinski definition) is 5. The van der Waals surface area contributed by atoms with Crippen molar-refractivity contribution in [2.24, 2.45) is 0 Å². The average molecular weight is 244 g/mol. The van der Waals surface area contributed by atoms with E-state index in [1.807, 2.05) is 6.26 Å². The van der Waals surface area contributed by atoms with Crippen LogP contribution in [0.15, 0.2) is 10.8 Å². The molecule has 5 nitrogen and oxygen atoms in total. The monoisotopic (exact) mass is 244 g/mol. The Labute approximate surface area is 98.6 Å². The van der Waals surface area contributed by atoms with Crippen LogP contribution in [0.3, 0.4) is 0 Å². The van der Waals surface area contributed by atoms with E-state index >= 15 is 0 Å². The summed E-state index contributed by atoms with van der Waals surface area (Å²) in [6.07, 6.45) is 3.13. The molecule has 0 fully saturated rings. The number of nitrogens with one attached hydrogen (secondary N) is 1. The van der Waals surface area contributed by atoms with Gasteiger partial charge in [-0.1, -0.05) is 0 Å².